The molecule has 4 nitrogen and oxygen atoms in total. The van der Waals surface area contributed by atoms with Crippen molar-refractivity contribution in [3.63, 3.8) is 0 Å². The third kappa shape index (κ3) is 1.53. The topological polar surface area (TPSA) is 47.3 Å². The highest BCUT2D eigenvalue weighted by atomic mass is 32.1. The molecule has 0 amide bonds. The van der Waals surface area contributed by atoms with E-state index < -0.39 is 5.60 Å². The van der Waals surface area contributed by atoms with Gasteiger partial charge in [-0.25, -0.2) is 4.98 Å². The summed E-state index contributed by atoms with van der Waals surface area (Å²) >= 11 is 1.63. The fourth-order valence-electron chi connectivity index (χ4n) is 2.86. The minimum absolute atomic E-state index is 0.703. The Bertz CT molecular complexity index is 792. The van der Waals surface area contributed by atoms with Crippen LogP contribution in [0.25, 0.3) is 10.1 Å². The Morgan fingerprint density at radius 3 is 3.15 bits per heavy atom. The molecule has 1 aliphatic heterocycles. The summed E-state index contributed by atoms with van der Waals surface area (Å²) in [5, 5.41) is 12.2. The molecule has 102 valence electrons. The first kappa shape index (κ1) is 11.9. The van der Waals surface area contributed by atoms with E-state index in [4.69, 9.17) is 4.74 Å². The van der Waals surface area contributed by atoms with Crippen molar-refractivity contribution in [2.75, 3.05) is 7.11 Å². The van der Waals surface area contributed by atoms with Crippen molar-refractivity contribution in [3.8, 4) is 5.75 Å². The molecule has 0 saturated carbocycles. The van der Waals surface area contributed by atoms with Gasteiger partial charge in [0.15, 0.2) is 0 Å². The van der Waals surface area contributed by atoms with Gasteiger partial charge in [0.25, 0.3) is 0 Å². The minimum Gasteiger partial charge on any atom is -0.497 e. The molecule has 1 unspecified atom stereocenters. The molecule has 3 heterocycles. The summed E-state index contributed by atoms with van der Waals surface area (Å²) in [7, 11) is 1.66. The molecule has 0 radical (unpaired) electrons. The fraction of sp³-hybridized carbons (Fsp3) is 0.267. The van der Waals surface area contributed by atoms with Gasteiger partial charge in [-0.05, 0) is 29.7 Å². The summed E-state index contributed by atoms with van der Waals surface area (Å²) in [6, 6.07) is 8.06. The van der Waals surface area contributed by atoms with Crippen molar-refractivity contribution in [3.05, 3.63) is 47.4 Å². The second-order valence-corrected chi connectivity index (χ2v) is 6.18. The summed E-state index contributed by atoms with van der Waals surface area (Å²) in [6.45, 7) is 0.809. The highest BCUT2D eigenvalue weighted by Crippen LogP contribution is 2.43. The number of benzene rings is 1. The van der Waals surface area contributed by atoms with Gasteiger partial charge in [0.2, 0.25) is 0 Å². The first-order valence-electron chi connectivity index (χ1n) is 6.52. The molecule has 1 atom stereocenters. The Kier molecular flexibility index (Phi) is 2.43. The largest absolute Gasteiger partial charge is 0.497 e. The molecule has 3 aromatic rings. The molecular weight excluding hydrogens is 272 g/mol. The van der Waals surface area contributed by atoms with Gasteiger partial charge in [-0.3, -0.25) is 0 Å². The third-order valence-corrected chi connectivity index (χ3v) is 5.25. The standard InChI is InChI=1S/C15H14N2O2S/c1-19-11-2-3-12-10(6-11)7-14(20-12)15(18)4-5-17-9-16-8-13(15)17/h2-3,6-9,18H,4-5H2,1H3. The number of hydrogen-bond acceptors (Lipinski definition) is 4. The van der Waals surface area contributed by atoms with E-state index in [1.54, 1.807) is 31.0 Å². The van der Waals surface area contributed by atoms with Crippen LogP contribution in [0.2, 0.25) is 0 Å². The number of ether oxygens (including phenoxy) is 1. The summed E-state index contributed by atoms with van der Waals surface area (Å²) in [4.78, 5) is 5.11. The molecule has 0 bridgehead atoms. The molecule has 20 heavy (non-hydrogen) atoms. The van der Waals surface area contributed by atoms with Gasteiger partial charge in [0.1, 0.15) is 11.4 Å². The number of aromatic nitrogens is 2. The Labute approximate surface area is 120 Å². The number of rotatable bonds is 2. The maximum absolute atomic E-state index is 11.0. The second-order valence-electron chi connectivity index (χ2n) is 5.10. The number of fused-ring (bicyclic) bond motifs is 2. The highest BCUT2D eigenvalue weighted by molar-refractivity contribution is 7.19. The average molecular weight is 286 g/mol. The molecule has 2 aromatic heterocycles. The average Bonchev–Trinajstić information content (AvgIpc) is 3.14. The summed E-state index contributed by atoms with van der Waals surface area (Å²) < 4.78 is 8.43. The van der Waals surface area contributed by atoms with Crippen LogP contribution in [0.15, 0.2) is 36.8 Å². The Morgan fingerprint density at radius 1 is 1.40 bits per heavy atom. The molecule has 0 saturated heterocycles. The summed E-state index contributed by atoms with van der Waals surface area (Å²) in [5.74, 6) is 0.838. The number of hydrogen-bond donors (Lipinski definition) is 1. The molecule has 0 fully saturated rings. The van der Waals surface area contributed by atoms with Gasteiger partial charge in [-0.15, -0.1) is 11.3 Å². The smallest absolute Gasteiger partial charge is 0.142 e. The number of aliphatic hydroxyl groups is 1. The lowest BCUT2D eigenvalue weighted by Gasteiger charge is -2.19. The van der Waals surface area contributed by atoms with Crippen molar-refractivity contribution < 1.29 is 9.84 Å². The van der Waals surface area contributed by atoms with Gasteiger partial charge >= 0.3 is 0 Å². The normalized spacial score (nSPS) is 21.3. The molecule has 0 spiro atoms. The zero-order valence-corrected chi connectivity index (χ0v) is 11.9. The molecule has 5 heteroatoms. The van der Waals surface area contributed by atoms with Gasteiger partial charge in [-0.1, -0.05) is 0 Å². The molecule has 1 aliphatic rings. The van der Waals surface area contributed by atoms with Gasteiger partial charge < -0.3 is 14.4 Å². The Hall–Kier alpha value is -1.85. The van der Waals surface area contributed by atoms with Gasteiger partial charge in [-0.2, -0.15) is 0 Å². The van der Waals surface area contributed by atoms with Crippen LogP contribution in [0.5, 0.6) is 5.75 Å². The van der Waals surface area contributed by atoms with E-state index >= 15 is 0 Å². The Balaban J connectivity index is 1.87. The number of methoxy groups -OCH3 is 1. The number of imidazole rings is 1. The molecule has 0 aliphatic carbocycles. The lowest BCUT2D eigenvalue weighted by Crippen LogP contribution is -2.22. The van der Waals surface area contributed by atoms with Crippen molar-refractivity contribution >= 4 is 21.4 Å². The zero-order chi connectivity index (χ0) is 13.7. The first-order chi connectivity index (χ1) is 9.70. The third-order valence-electron chi connectivity index (χ3n) is 3.98. The first-order valence-corrected chi connectivity index (χ1v) is 7.33. The number of aryl methyl sites for hydroxylation is 1. The van der Waals surface area contributed by atoms with Crippen LogP contribution in [0, 0.1) is 0 Å². The van der Waals surface area contributed by atoms with E-state index in [-0.39, 0.29) is 0 Å². The molecule has 1 aromatic carbocycles. The monoisotopic (exact) mass is 286 g/mol. The quantitative estimate of drug-likeness (QED) is 0.788. The molecule has 4 rings (SSSR count). The van der Waals surface area contributed by atoms with E-state index in [1.807, 2.05) is 22.8 Å². The lowest BCUT2D eigenvalue weighted by atomic mass is 9.97. The maximum atomic E-state index is 11.0. The Morgan fingerprint density at radius 2 is 2.30 bits per heavy atom. The minimum atomic E-state index is -0.909. The zero-order valence-electron chi connectivity index (χ0n) is 11.0. The predicted molar refractivity (Wildman–Crippen MR) is 78.2 cm³/mol. The second kappa shape index (κ2) is 4.07. The van der Waals surface area contributed by atoms with Crippen LogP contribution in [-0.4, -0.2) is 21.8 Å². The highest BCUT2D eigenvalue weighted by Gasteiger charge is 2.40. The summed E-state index contributed by atoms with van der Waals surface area (Å²) in [5.41, 5.74) is -0.0241. The lowest BCUT2D eigenvalue weighted by molar-refractivity contribution is 0.0865. The van der Waals surface area contributed by atoms with E-state index in [0.29, 0.717) is 6.42 Å². The van der Waals surface area contributed by atoms with Crippen molar-refractivity contribution in [2.45, 2.75) is 18.6 Å². The van der Waals surface area contributed by atoms with Crippen LogP contribution >= 0.6 is 11.3 Å². The van der Waals surface area contributed by atoms with Crippen molar-refractivity contribution in [1.82, 2.24) is 9.55 Å². The van der Waals surface area contributed by atoms with E-state index in [2.05, 4.69) is 11.1 Å². The van der Waals surface area contributed by atoms with Crippen LogP contribution in [0.3, 0.4) is 0 Å². The maximum Gasteiger partial charge on any atom is 0.142 e. The number of nitrogens with zero attached hydrogens (tertiary/aromatic N) is 2. The number of thiophene rings is 1. The van der Waals surface area contributed by atoms with Crippen molar-refractivity contribution in [2.24, 2.45) is 0 Å². The van der Waals surface area contributed by atoms with E-state index in [9.17, 15) is 5.11 Å². The summed E-state index contributed by atoms with van der Waals surface area (Å²) in [6.07, 6.45) is 4.25. The van der Waals surface area contributed by atoms with E-state index in [0.717, 1.165) is 33.0 Å². The van der Waals surface area contributed by atoms with Gasteiger partial charge in [0.05, 0.1) is 25.3 Å². The molecule has 1 N–H and O–H groups in total. The SMILES string of the molecule is COc1ccc2sc(C3(O)CCn4cncc43)cc2c1. The van der Waals surface area contributed by atoms with Crippen LogP contribution in [0.1, 0.15) is 17.0 Å². The molecular formula is C15H14N2O2S. The van der Waals surface area contributed by atoms with Crippen LogP contribution in [-0.2, 0) is 12.1 Å². The van der Waals surface area contributed by atoms with E-state index in [1.165, 1.54) is 0 Å². The van der Waals surface area contributed by atoms with Crippen molar-refractivity contribution in [1.29, 1.82) is 0 Å². The van der Waals surface area contributed by atoms with Gasteiger partial charge in [0, 0.05) is 22.5 Å². The van der Waals surface area contributed by atoms with Crippen LogP contribution in [0.4, 0.5) is 0 Å². The van der Waals surface area contributed by atoms with Crippen LogP contribution < -0.4 is 4.74 Å². The fourth-order valence-corrected chi connectivity index (χ4v) is 4.03. The predicted octanol–water partition coefficient (Wildman–Crippen LogP) is 2.75.